The van der Waals surface area contributed by atoms with Gasteiger partial charge in [-0.05, 0) is 35.9 Å². The third-order valence-corrected chi connectivity index (χ3v) is 2.58. The van der Waals surface area contributed by atoms with Gasteiger partial charge in [0.15, 0.2) is 0 Å². The number of ether oxygens (including phenoxy) is 1. The first-order valence-electron chi connectivity index (χ1n) is 4.82. The second-order valence-corrected chi connectivity index (χ2v) is 3.48. The molecule has 0 spiro atoms. The van der Waals surface area contributed by atoms with Crippen LogP contribution in [-0.4, -0.2) is 11.2 Å². The quantitative estimate of drug-likeness (QED) is 0.665. The molecular formula is C12H11NO. The summed E-state index contributed by atoms with van der Waals surface area (Å²) in [6, 6.07) is 10.4. The van der Waals surface area contributed by atoms with E-state index in [-0.39, 0.29) is 0 Å². The molecule has 2 aromatic rings. The van der Waals surface area contributed by atoms with Gasteiger partial charge in [-0.1, -0.05) is 0 Å². The van der Waals surface area contributed by atoms with Crippen molar-refractivity contribution in [3.8, 4) is 11.4 Å². The maximum atomic E-state index is 5.46. The molecule has 70 valence electrons. The van der Waals surface area contributed by atoms with Crippen LogP contribution in [-0.2, 0) is 6.42 Å². The first-order chi connectivity index (χ1) is 6.93. The number of nitrogens with zero attached hydrogens (tertiary/aromatic N) is 1. The van der Waals surface area contributed by atoms with Gasteiger partial charge in [0, 0.05) is 24.5 Å². The third kappa shape index (κ3) is 1.11. The zero-order chi connectivity index (χ0) is 9.38. The van der Waals surface area contributed by atoms with Crippen molar-refractivity contribution in [3.05, 3.63) is 48.3 Å². The maximum absolute atomic E-state index is 5.46. The molecule has 0 saturated carbocycles. The maximum Gasteiger partial charge on any atom is 0.122 e. The molecule has 0 bridgehead atoms. The average Bonchev–Trinajstić information content (AvgIpc) is 2.88. The first-order valence-corrected chi connectivity index (χ1v) is 4.82. The minimum Gasteiger partial charge on any atom is -0.493 e. The summed E-state index contributed by atoms with van der Waals surface area (Å²) in [5, 5.41) is 0. The highest BCUT2D eigenvalue weighted by Crippen LogP contribution is 2.27. The lowest BCUT2D eigenvalue weighted by Gasteiger charge is -2.04. The van der Waals surface area contributed by atoms with Gasteiger partial charge in [-0.2, -0.15) is 0 Å². The Hall–Kier alpha value is -1.70. The predicted molar refractivity (Wildman–Crippen MR) is 55.0 cm³/mol. The molecule has 0 unspecified atom stereocenters. The fraction of sp³-hybridized carbons (Fsp3) is 0.167. The number of fused-ring (bicyclic) bond motifs is 1. The van der Waals surface area contributed by atoms with E-state index in [0.717, 1.165) is 18.8 Å². The van der Waals surface area contributed by atoms with Crippen molar-refractivity contribution in [1.82, 2.24) is 4.57 Å². The summed E-state index contributed by atoms with van der Waals surface area (Å²) in [5.74, 6) is 1.04. The van der Waals surface area contributed by atoms with E-state index in [0.29, 0.717) is 0 Å². The van der Waals surface area contributed by atoms with Crippen LogP contribution in [0, 0.1) is 0 Å². The molecule has 1 aliphatic rings. The monoisotopic (exact) mass is 185 g/mol. The van der Waals surface area contributed by atoms with Gasteiger partial charge < -0.3 is 9.30 Å². The van der Waals surface area contributed by atoms with Crippen molar-refractivity contribution in [1.29, 1.82) is 0 Å². The number of rotatable bonds is 1. The van der Waals surface area contributed by atoms with Gasteiger partial charge in [-0.3, -0.25) is 0 Å². The molecule has 0 N–H and O–H groups in total. The molecule has 14 heavy (non-hydrogen) atoms. The van der Waals surface area contributed by atoms with Gasteiger partial charge >= 0.3 is 0 Å². The largest absolute Gasteiger partial charge is 0.493 e. The van der Waals surface area contributed by atoms with Crippen molar-refractivity contribution >= 4 is 0 Å². The summed E-state index contributed by atoms with van der Waals surface area (Å²) in [4.78, 5) is 0. The Bertz CT molecular complexity index is 445. The molecule has 1 aromatic heterocycles. The summed E-state index contributed by atoms with van der Waals surface area (Å²) in [7, 11) is 0. The Morgan fingerprint density at radius 1 is 1.14 bits per heavy atom. The molecule has 0 amide bonds. The molecule has 0 atom stereocenters. The molecule has 1 aliphatic heterocycles. The number of hydrogen-bond acceptors (Lipinski definition) is 1. The highest BCUT2D eigenvalue weighted by atomic mass is 16.5. The minimum atomic E-state index is 0.824. The van der Waals surface area contributed by atoms with E-state index in [1.165, 1.54) is 11.3 Å². The SMILES string of the molecule is c1ccn(-c2ccc3c(c2)CCO3)c1. The second kappa shape index (κ2) is 2.91. The van der Waals surface area contributed by atoms with E-state index in [2.05, 4.69) is 35.2 Å². The fourth-order valence-corrected chi connectivity index (χ4v) is 1.84. The predicted octanol–water partition coefficient (Wildman–Crippen LogP) is 2.41. The van der Waals surface area contributed by atoms with Crippen LogP contribution in [0.4, 0.5) is 0 Å². The van der Waals surface area contributed by atoms with E-state index < -0.39 is 0 Å². The van der Waals surface area contributed by atoms with E-state index in [1.54, 1.807) is 0 Å². The van der Waals surface area contributed by atoms with Crippen LogP contribution in [0.25, 0.3) is 5.69 Å². The lowest BCUT2D eigenvalue weighted by Crippen LogP contribution is -1.90. The molecule has 0 radical (unpaired) electrons. The van der Waals surface area contributed by atoms with Gasteiger partial charge in [0.1, 0.15) is 5.75 Å². The molecule has 1 aromatic carbocycles. The Balaban J connectivity index is 2.09. The molecule has 2 heteroatoms. The van der Waals surface area contributed by atoms with Crippen LogP contribution in [0.2, 0.25) is 0 Å². The average molecular weight is 185 g/mol. The fourth-order valence-electron chi connectivity index (χ4n) is 1.84. The molecule has 0 saturated heterocycles. The van der Waals surface area contributed by atoms with Crippen LogP contribution >= 0.6 is 0 Å². The third-order valence-electron chi connectivity index (χ3n) is 2.58. The zero-order valence-electron chi connectivity index (χ0n) is 7.81. The van der Waals surface area contributed by atoms with E-state index in [9.17, 15) is 0 Å². The highest BCUT2D eigenvalue weighted by molar-refractivity contribution is 5.46. The molecule has 2 heterocycles. The molecule has 2 nitrogen and oxygen atoms in total. The van der Waals surface area contributed by atoms with E-state index >= 15 is 0 Å². The Morgan fingerprint density at radius 3 is 2.86 bits per heavy atom. The summed E-state index contributed by atoms with van der Waals surface area (Å²) in [6.07, 6.45) is 5.14. The van der Waals surface area contributed by atoms with Crippen molar-refractivity contribution in [2.45, 2.75) is 6.42 Å². The number of aromatic nitrogens is 1. The smallest absolute Gasteiger partial charge is 0.122 e. The standard InChI is InChI=1S/C12H11NO/c1-2-7-13(6-1)11-3-4-12-10(9-11)5-8-14-12/h1-4,6-7,9H,5,8H2. The van der Waals surface area contributed by atoms with E-state index in [4.69, 9.17) is 4.74 Å². The van der Waals surface area contributed by atoms with Gasteiger partial charge in [0.25, 0.3) is 0 Å². The van der Waals surface area contributed by atoms with Crippen LogP contribution in [0.1, 0.15) is 5.56 Å². The normalized spacial score (nSPS) is 13.7. The van der Waals surface area contributed by atoms with Crippen LogP contribution < -0.4 is 4.74 Å². The van der Waals surface area contributed by atoms with Crippen molar-refractivity contribution < 1.29 is 4.74 Å². The molecular weight excluding hydrogens is 174 g/mol. The van der Waals surface area contributed by atoms with Gasteiger partial charge in [-0.15, -0.1) is 0 Å². The molecule has 0 aliphatic carbocycles. The Morgan fingerprint density at radius 2 is 2.00 bits per heavy atom. The van der Waals surface area contributed by atoms with Crippen LogP contribution in [0.5, 0.6) is 5.75 Å². The van der Waals surface area contributed by atoms with Crippen molar-refractivity contribution in [2.24, 2.45) is 0 Å². The van der Waals surface area contributed by atoms with Crippen LogP contribution in [0.3, 0.4) is 0 Å². The molecule has 0 fully saturated rings. The zero-order valence-corrected chi connectivity index (χ0v) is 7.81. The summed E-state index contributed by atoms with van der Waals surface area (Å²) in [5.41, 5.74) is 2.52. The topological polar surface area (TPSA) is 14.2 Å². The lowest BCUT2D eigenvalue weighted by atomic mass is 10.1. The van der Waals surface area contributed by atoms with Gasteiger partial charge in [0.2, 0.25) is 0 Å². The van der Waals surface area contributed by atoms with Gasteiger partial charge in [-0.25, -0.2) is 0 Å². The van der Waals surface area contributed by atoms with Crippen molar-refractivity contribution in [3.63, 3.8) is 0 Å². The first kappa shape index (κ1) is 7.68. The Labute approximate surface area is 82.7 Å². The summed E-state index contributed by atoms with van der Waals surface area (Å²) >= 11 is 0. The van der Waals surface area contributed by atoms with Crippen LogP contribution in [0.15, 0.2) is 42.7 Å². The summed E-state index contributed by atoms with van der Waals surface area (Å²) in [6.45, 7) is 0.824. The Kier molecular flexibility index (Phi) is 1.60. The van der Waals surface area contributed by atoms with Gasteiger partial charge in [0.05, 0.1) is 6.61 Å². The lowest BCUT2D eigenvalue weighted by molar-refractivity contribution is 0.357. The second-order valence-electron chi connectivity index (χ2n) is 3.48. The summed E-state index contributed by atoms with van der Waals surface area (Å²) < 4.78 is 7.57. The van der Waals surface area contributed by atoms with E-state index in [1.807, 2.05) is 12.1 Å². The van der Waals surface area contributed by atoms with Crippen molar-refractivity contribution in [2.75, 3.05) is 6.61 Å². The number of hydrogen-bond donors (Lipinski definition) is 0. The molecule has 3 rings (SSSR count). The minimum absolute atomic E-state index is 0.824. The highest BCUT2D eigenvalue weighted by Gasteiger charge is 2.11. The number of benzene rings is 1.